The predicted molar refractivity (Wildman–Crippen MR) is 161 cm³/mol. The molecule has 9 heteroatoms. The quantitative estimate of drug-likeness (QED) is 0.265. The molecular formula is C33H41N3O6. The van der Waals surface area contributed by atoms with E-state index in [0.717, 1.165) is 5.56 Å². The molecule has 0 saturated heterocycles. The van der Waals surface area contributed by atoms with Gasteiger partial charge in [-0.1, -0.05) is 60.7 Å². The van der Waals surface area contributed by atoms with E-state index in [9.17, 15) is 24.6 Å². The Morgan fingerprint density at radius 3 is 2.12 bits per heavy atom. The number of phenols is 2. The van der Waals surface area contributed by atoms with Gasteiger partial charge in [-0.25, -0.2) is 4.79 Å². The molecule has 0 aliphatic carbocycles. The van der Waals surface area contributed by atoms with E-state index < -0.39 is 41.6 Å². The lowest BCUT2D eigenvalue weighted by Crippen LogP contribution is -2.55. The standard InChI is InChI=1S/C33H41N3O6/c1-21(2)36(31(40)27(35-32(41)42-33(4,5)6)19-23-15-17-25(37)18-16-23)28(26-14-10-11-22(3)29(26)38)30(39)34-20-24-12-8-7-9-13-24/h7-18,21,27-28,37-38H,19-20H2,1-6H3,(H,34,39)(H,35,41). The summed E-state index contributed by atoms with van der Waals surface area (Å²) in [5, 5.41) is 26.4. The number of carbonyl (C=O) groups excluding carboxylic acids is 3. The molecule has 9 nitrogen and oxygen atoms in total. The number of benzene rings is 3. The van der Waals surface area contributed by atoms with Crippen molar-refractivity contribution < 1.29 is 29.3 Å². The first-order valence-electron chi connectivity index (χ1n) is 14.0. The lowest BCUT2D eigenvalue weighted by molar-refractivity contribution is -0.144. The van der Waals surface area contributed by atoms with Gasteiger partial charge in [0, 0.05) is 24.6 Å². The number of aromatic hydroxyl groups is 2. The molecular weight excluding hydrogens is 534 g/mol. The van der Waals surface area contributed by atoms with E-state index in [1.165, 1.54) is 17.0 Å². The largest absolute Gasteiger partial charge is 0.508 e. The third-order valence-electron chi connectivity index (χ3n) is 6.58. The molecule has 0 radical (unpaired) electrons. The van der Waals surface area contributed by atoms with Gasteiger partial charge >= 0.3 is 6.09 Å². The third kappa shape index (κ3) is 8.73. The number of carbonyl (C=O) groups is 3. The van der Waals surface area contributed by atoms with E-state index >= 15 is 0 Å². The van der Waals surface area contributed by atoms with Crippen LogP contribution in [0.15, 0.2) is 72.8 Å². The summed E-state index contributed by atoms with van der Waals surface area (Å²) in [6.45, 7) is 10.6. The van der Waals surface area contributed by atoms with E-state index in [2.05, 4.69) is 10.6 Å². The topological polar surface area (TPSA) is 128 Å². The number of hydrogen-bond acceptors (Lipinski definition) is 6. The van der Waals surface area contributed by atoms with Crippen LogP contribution in [0.4, 0.5) is 4.79 Å². The van der Waals surface area contributed by atoms with Crippen LogP contribution in [0, 0.1) is 6.92 Å². The maximum atomic E-state index is 14.4. The van der Waals surface area contributed by atoms with E-state index in [-0.39, 0.29) is 30.0 Å². The van der Waals surface area contributed by atoms with E-state index in [1.807, 2.05) is 30.3 Å². The normalized spacial score (nSPS) is 12.7. The van der Waals surface area contributed by atoms with Crippen molar-refractivity contribution in [2.75, 3.05) is 0 Å². The highest BCUT2D eigenvalue weighted by atomic mass is 16.6. The van der Waals surface area contributed by atoms with Gasteiger partial charge in [0.1, 0.15) is 29.2 Å². The molecule has 0 aliphatic heterocycles. The van der Waals surface area contributed by atoms with Crippen molar-refractivity contribution in [1.29, 1.82) is 0 Å². The monoisotopic (exact) mass is 575 g/mol. The predicted octanol–water partition coefficient (Wildman–Crippen LogP) is 5.14. The Balaban J connectivity index is 2.04. The summed E-state index contributed by atoms with van der Waals surface area (Å²) in [5.74, 6) is -1.05. The molecule has 0 saturated carbocycles. The molecule has 2 atom stereocenters. The second-order valence-electron chi connectivity index (χ2n) is 11.5. The Morgan fingerprint density at radius 1 is 0.881 bits per heavy atom. The summed E-state index contributed by atoms with van der Waals surface area (Å²) in [6.07, 6.45) is -0.716. The molecule has 224 valence electrons. The van der Waals surface area contributed by atoms with Gasteiger partial charge in [0.25, 0.3) is 0 Å². The molecule has 4 N–H and O–H groups in total. The Labute approximate surface area is 247 Å². The molecule has 3 rings (SSSR count). The van der Waals surface area contributed by atoms with Crippen molar-refractivity contribution >= 4 is 17.9 Å². The van der Waals surface area contributed by atoms with Crippen LogP contribution in [-0.4, -0.2) is 50.7 Å². The van der Waals surface area contributed by atoms with Crippen molar-refractivity contribution in [3.8, 4) is 11.5 Å². The van der Waals surface area contributed by atoms with Crippen LogP contribution >= 0.6 is 0 Å². The van der Waals surface area contributed by atoms with Crippen LogP contribution in [0.5, 0.6) is 11.5 Å². The minimum Gasteiger partial charge on any atom is -0.508 e. The first kappa shape index (κ1) is 32.0. The van der Waals surface area contributed by atoms with Crippen LogP contribution in [0.3, 0.4) is 0 Å². The molecule has 0 spiro atoms. The molecule has 0 aliphatic rings. The Bertz CT molecular complexity index is 1370. The van der Waals surface area contributed by atoms with Crippen LogP contribution in [0.25, 0.3) is 0 Å². The van der Waals surface area contributed by atoms with E-state index in [0.29, 0.717) is 11.1 Å². The summed E-state index contributed by atoms with van der Waals surface area (Å²) in [7, 11) is 0. The smallest absolute Gasteiger partial charge is 0.408 e. The molecule has 42 heavy (non-hydrogen) atoms. The zero-order valence-corrected chi connectivity index (χ0v) is 25.0. The number of aryl methyl sites for hydroxylation is 1. The maximum Gasteiger partial charge on any atom is 0.408 e. The zero-order chi connectivity index (χ0) is 31.0. The van der Waals surface area contributed by atoms with Crippen LogP contribution in [-0.2, 0) is 27.3 Å². The third-order valence-corrected chi connectivity index (χ3v) is 6.58. The Kier molecular flexibility index (Phi) is 10.6. The SMILES string of the molecule is Cc1cccc(C(C(=O)NCc2ccccc2)N(C(=O)C(Cc2ccc(O)cc2)NC(=O)OC(C)(C)C)C(C)C)c1O. The first-order chi connectivity index (χ1) is 19.8. The highest BCUT2D eigenvalue weighted by Gasteiger charge is 2.39. The average Bonchev–Trinajstić information content (AvgIpc) is 2.92. The number of amides is 3. The number of nitrogens with one attached hydrogen (secondary N) is 2. The highest BCUT2D eigenvalue weighted by molar-refractivity contribution is 5.93. The number of nitrogens with zero attached hydrogens (tertiary/aromatic N) is 1. The molecule has 3 aromatic carbocycles. The molecule has 0 aromatic heterocycles. The number of phenolic OH excluding ortho intramolecular Hbond substituents is 2. The molecule has 3 aromatic rings. The fourth-order valence-corrected chi connectivity index (χ4v) is 4.58. The Morgan fingerprint density at radius 2 is 1.52 bits per heavy atom. The van der Waals surface area contributed by atoms with Crippen LogP contribution in [0.2, 0.25) is 0 Å². The summed E-state index contributed by atoms with van der Waals surface area (Å²) >= 11 is 0. The van der Waals surface area contributed by atoms with Gasteiger partial charge in [0.15, 0.2) is 0 Å². The zero-order valence-electron chi connectivity index (χ0n) is 25.0. The lowest BCUT2D eigenvalue weighted by atomic mass is 9.96. The van der Waals surface area contributed by atoms with Crippen LogP contribution in [0.1, 0.15) is 62.9 Å². The van der Waals surface area contributed by atoms with E-state index in [4.69, 9.17) is 4.74 Å². The second kappa shape index (κ2) is 13.9. The summed E-state index contributed by atoms with van der Waals surface area (Å²) in [6, 6.07) is 17.9. The number of rotatable bonds is 10. The molecule has 0 heterocycles. The van der Waals surface area contributed by atoms with Gasteiger partial charge in [-0.2, -0.15) is 0 Å². The van der Waals surface area contributed by atoms with Crippen molar-refractivity contribution in [2.45, 2.75) is 78.2 Å². The van der Waals surface area contributed by atoms with E-state index in [1.54, 1.807) is 71.9 Å². The molecule has 0 bridgehead atoms. The number of alkyl carbamates (subject to hydrolysis) is 1. The molecule has 2 unspecified atom stereocenters. The maximum absolute atomic E-state index is 14.4. The van der Waals surface area contributed by atoms with Gasteiger partial charge in [0.2, 0.25) is 11.8 Å². The second-order valence-corrected chi connectivity index (χ2v) is 11.5. The number of ether oxygens (including phenoxy) is 1. The molecule has 0 fully saturated rings. The van der Waals surface area contributed by atoms with Gasteiger partial charge in [-0.3, -0.25) is 9.59 Å². The number of hydrogen-bond donors (Lipinski definition) is 4. The average molecular weight is 576 g/mol. The summed E-state index contributed by atoms with van der Waals surface area (Å²) in [4.78, 5) is 42.6. The minimum absolute atomic E-state index is 0.0654. The van der Waals surface area contributed by atoms with Gasteiger partial charge in [-0.15, -0.1) is 0 Å². The van der Waals surface area contributed by atoms with Crippen molar-refractivity contribution in [3.63, 3.8) is 0 Å². The minimum atomic E-state index is -1.20. The van der Waals surface area contributed by atoms with Gasteiger partial charge in [-0.05, 0) is 70.4 Å². The Hall–Kier alpha value is -4.53. The van der Waals surface area contributed by atoms with Crippen LogP contribution < -0.4 is 10.6 Å². The van der Waals surface area contributed by atoms with Gasteiger partial charge in [0.05, 0.1) is 0 Å². The fourth-order valence-electron chi connectivity index (χ4n) is 4.58. The first-order valence-corrected chi connectivity index (χ1v) is 14.0. The fraction of sp³-hybridized carbons (Fsp3) is 0.364. The van der Waals surface area contributed by atoms with Crippen molar-refractivity contribution in [2.24, 2.45) is 0 Å². The lowest BCUT2D eigenvalue weighted by Gasteiger charge is -2.37. The molecule has 3 amide bonds. The van der Waals surface area contributed by atoms with Crippen molar-refractivity contribution in [3.05, 3.63) is 95.1 Å². The number of para-hydroxylation sites is 1. The van der Waals surface area contributed by atoms with Crippen molar-refractivity contribution in [1.82, 2.24) is 15.5 Å². The van der Waals surface area contributed by atoms with Gasteiger partial charge < -0.3 is 30.5 Å². The summed E-state index contributed by atoms with van der Waals surface area (Å²) in [5.41, 5.74) is 1.56. The highest BCUT2D eigenvalue weighted by Crippen LogP contribution is 2.33. The summed E-state index contributed by atoms with van der Waals surface area (Å²) < 4.78 is 5.45.